The van der Waals surface area contributed by atoms with Crippen molar-refractivity contribution in [2.45, 2.75) is 51.2 Å². The first-order valence-corrected chi connectivity index (χ1v) is 7.36. The number of rotatable bonds is 4. The minimum absolute atomic E-state index is 0.540. The first-order chi connectivity index (χ1) is 9.63. The number of nitrogens with zero attached hydrogens (tertiary/aromatic N) is 4. The smallest absolute Gasteiger partial charge is 0.101 e. The summed E-state index contributed by atoms with van der Waals surface area (Å²) in [5.74, 6) is 0. The SMILES string of the molecule is Cc1cc(C(O)Cc2ccn(C3CCCC3)n2)n(C)n1. The number of aliphatic hydroxyl groups is 1. The maximum absolute atomic E-state index is 10.3. The lowest BCUT2D eigenvalue weighted by molar-refractivity contribution is 0.167. The van der Waals surface area contributed by atoms with Crippen molar-refractivity contribution in [2.24, 2.45) is 7.05 Å². The molecule has 1 aliphatic carbocycles. The van der Waals surface area contributed by atoms with Gasteiger partial charge < -0.3 is 5.11 Å². The number of aryl methyl sites for hydroxylation is 2. The van der Waals surface area contributed by atoms with Gasteiger partial charge in [-0.05, 0) is 31.9 Å². The van der Waals surface area contributed by atoms with Gasteiger partial charge in [-0.2, -0.15) is 10.2 Å². The van der Waals surface area contributed by atoms with E-state index in [0.717, 1.165) is 17.1 Å². The number of hydrogen-bond acceptors (Lipinski definition) is 3. The predicted molar refractivity (Wildman–Crippen MR) is 76.3 cm³/mol. The minimum atomic E-state index is -0.548. The summed E-state index contributed by atoms with van der Waals surface area (Å²) >= 11 is 0. The Balaban J connectivity index is 1.69. The maximum atomic E-state index is 10.3. The van der Waals surface area contributed by atoms with Crippen LogP contribution in [0.5, 0.6) is 0 Å². The molecule has 5 heteroatoms. The summed E-state index contributed by atoms with van der Waals surface area (Å²) < 4.78 is 3.82. The lowest BCUT2D eigenvalue weighted by atomic mass is 10.1. The van der Waals surface area contributed by atoms with Gasteiger partial charge in [-0.3, -0.25) is 9.36 Å². The monoisotopic (exact) mass is 274 g/mol. The molecule has 0 spiro atoms. The van der Waals surface area contributed by atoms with Crippen LogP contribution in [0, 0.1) is 6.92 Å². The molecule has 0 amide bonds. The normalized spacial score (nSPS) is 17.8. The van der Waals surface area contributed by atoms with Gasteiger partial charge in [0.05, 0.1) is 23.1 Å². The molecule has 0 aromatic carbocycles. The second-order valence-corrected chi connectivity index (χ2v) is 5.78. The number of hydrogen-bond donors (Lipinski definition) is 1. The summed E-state index contributed by atoms with van der Waals surface area (Å²) in [5.41, 5.74) is 2.72. The van der Waals surface area contributed by atoms with E-state index in [9.17, 15) is 5.11 Å². The molecule has 20 heavy (non-hydrogen) atoms. The predicted octanol–water partition coefficient (Wildman–Crippen LogP) is 2.32. The molecule has 1 N–H and O–H groups in total. The van der Waals surface area contributed by atoms with Crippen LogP contribution in [0.25, 0.3) is 0 Å². The Bertz CT molecular complexity index is 580. The minimum Gasteiger partial charge on any atom is -0.386 e. The van der Waals surface area contributed by atoms with Crippen molar-refractivity contribution in [1.82, 2.24) is 19.6 Å². The molecule has 3 rings (SSSR count). The van der Waals surface area contributed by atoms with Crippen LogP contribution in [-0.4, -0.2) is 24.7 Å². The summed E-state index contributed by atoms with van der Waals surface area (Å²) in [6.45, 7) is 1.94. The van der Waals surface area contributed by atoms with Crippen LogP contribution in [0.4, 0.5) is 0 Å². The highest BCUT2D eigenvalue weighted by Crippen LogP contribution is 2.29. The maximum Gasteiger partial charge on any atom is 0.101 e. The first kappa shape index (κ1) is 13.4. The highest BCUT2D eigenvalue weighted by Gasteiger charge is 2.19. The van der Waals surface area contributed by atoms with E-state index in [-0.39, 0.29) is 0 Å². The molecule has 1 fully saturated rings. The average Bonchev–Trinajstić information content (AvgIpc) is 3.09. The molecule has 0 bridgehead atoms. The summed E-state index contributed by atoms with van der Waals surface area (Å²) in [7, 11) is 1.86. The van der Waals surface area contributed by atoms with Gasteiger partial charge in [-0.15, -0.1) is 0 Å². The summed E-state index contributed by atoms with van der Waals surface area (Å²) in [6, 6.07) is 4.50. The van der Waals surface area contributed by atoms with Crippen LogP contribution in [0.2, 0.25) is 0 Å². The first-order valence-electron chi connectivity index (χ1n) is 7.36. The summed E-state index contributed by atoms with van der Waals surface area (Å²) in [5, 5.41) is 19.2. The lowest BCUT2D eigenvalue weighted by Gasteiger charge is -2.10. The van der Waals surface area contributed by atoms with Gasteiger partial charge in [0.15, 0.2) is 0 Å². The molecular weight excluding hydrogens is 252 g/mol. The van der Waals surface area contributed by atoms with Gasteiger partial charge in [0, 0.05) is 19.7 Å². The zero-order valence-electron chi connectivity index (χ0n) is 12.2. The summed E-state index contributed by atoms with van der Waals surface area (Å²) in [6.07, 6.45) is 7.10. The fourth-order valence-electron chi connectivity index (χ4n) is 3.10. The van der Waals surface area contributed by atoms with Gasteiger partial charge >= 0.3 is 0 Å². The van der Waals surface area contributed by atoms with Crippen molar-refractivity contribution in [3.8, 4) is 0 Å². The largest absolute Gasteiger partial charge is 0.386 e. The van der Waals surface area contributed by atoms with Crippen LogP contribution < -0.4 is 0 Å². The fourth-order valence-corrected chi connectivity index (χ4v) is 3.10. The van der Waals surface area contributed by atoms with E-state index < -0.39 is 6.10 Å². The standard InChI is InChI=1S/C15H22N4O/c1-11-9-14(18(2)16-11)15(20)10-12-7-8-19(17-12)13-5-3-4-6-13/h7-9,13,15,20H,3-6,10H2,1-2H3. The molecule has 108 valence electrons. The van der Waals surface area contributed by atoms with Crippen molar-refractivity contribution < 1.29 is 5.11 Å². The molecule has 2 heterocycles. The Morgan fingerprint density at radius 1 is 1.35 bits per heavy atom. The van der Waals surface area contributed by atoms with E-state index in [1.807, 2.05) is 32.3 Å². The second kappa shape index (κ2) is 5.40. The van der Waals surface area contributed by atoms with E-state index in [1.165, 1.54) is 25.7 Å². The third-order valence-corrected chi connectivity index (χ3v) is 4.14. The van der Waals surface area contributed by atoms with Crippen LogP contribution >= 0.6 is 0 Å². The van der Waals surface area contributed by atoms with Crippen LogP contribution in [-0.2, 0) is 13.5 Å². The van der Waals surface area contributed by atoms with E-state index in [4.69, 9.17) is 0 Å². The fraction of sp³-hybridized carbons (Fsp3) is 0.600. The second-order valence-electron chi connectivity index (χ2n) is 5.78. The van der Waals surface area contributed by atoms with Crippen LogP contribution in [0.3, 0.4) is 0 Å². The molecule has 0 aliphatic heterocycles. The van der Waals surface area contributed by atoms with Gasteiger partial charge in [0.2, 0.25) is 0 Å². The van der Waals surface area contributed by atoms with E-state index in [0.29, 0.717) is 12.5 Å². The van der Waals surface area contributed by atoms with Crippen molar-refractivity contribution in [3.05, 3.63) is 35.4 Å². The zero-order chi connectivity index (χ0) is 14.1. The van der Waals surface area contributed by atoms with Crippen molar-refractivity contribution in [3.63, 3.8) is 0 Å². The van der Waals surface area contributed by atoms with E-state index in [1.54, 1.807) is 4.68 Å². The Morgan fingerprint density at radius 2 is 2.10 bits per heavy atom. The Kier molecular flexibility index (Phi) is 3.61. The van der Waals surface area contributed by atoms with Gasteiger partial charge in [0.25, 0.3) is 0 Å². The molecule has 1 unspecified atom stereocenters. The zero-order valence-corrected chi connectivity index (χ0v) is 12.2. The number of aliphatic hydroxyl groups excluding tert-OH is 1. The van der Waals surface area contributed by atoms with Gasteiger partial charge in [-0.1, -0.05) is 12.8 Å². The highest BCUT2D eigenvalue weighted by atomic mass is 16.3. The molecule has 0 saturated heterocycles. The van der Waals surface area contributed by atoms with Crippen LogP contribution in [0.1, 0.15) is 54.9 Å². The lowest BCUT2D eigenvalue weighted by Crippen LogP contribution is -2.10. The van der Waals surface area contributed by atoms with Crippen molar-refractivity contribution >= 4 is 0 Å². The number of aromatic nitrogens is 4. The molecule has 0 radical (unpaired) electrons. The average molecular weight is 274 g/mol. The van der Waals surface area contributed by atoms with E-state index >= 15 is 0 Å². The molecule has 2 aromatic heterocycles. The molecular formula is C15H22N4O. The molecule has 1 saturated carbocycles. The molecule has 5 nitrogen and oxygen atoms in total. The topological polar surface area (TPSA) is 55.9 Å². The quantitative estimate of drug-likeness (QED) is 0.931. The van der Waals surface area contributed by atoms with Crippen LogP contribution in [0.15, 0.2) is 18.3 Å². The third-order valence-electron chi connectivity index (χ3n) is 4.14. The van der Waals surface area contributed by atoms with Gasteiger partial charge in [-0.25, -0.2) is 0 Å². The molecule has 1 atom stereocenters. The van der Waals surface area contributed by atoms with Crippen molar-refractivity contribution in [1.29, 1.82) is 0 Å². The molecule has 2 aromatic rings. The summed E-state index contributed by atoms with van der Waals surface area (Å²) in [4.78, 5) is 0. The Hall–Kier alpha value is -1.62. The van der Waals surface area contributed by atoms with Crippen molar-refractivity contribution in [2.75, 3.05) is 0 Å². The molecule has 1 aliphatic rings. The Morgan fingerprint density at radius 3 is 2.75 bits per heavy atom. The van der Waals surface area contributed by atoms with E-state index in [2.05, 4.69) is 14.9 Å². The van der Waals surface area contributed by atoms with Gasteiger partial charge in [0.1, 0.15) is 6.10 Å². The Labute approximate surface area is 119 Å². The third kappa shape index (κ3) is 2.63. The highest BCUT2D eigenvalue weighted by molar-refractivity contribution is 5.14.